The maximum Gasteiger partial charge on any atom is 0.340 e. The maximum atomic E-state index is 13.5. The molecule has 0 atom stereocenters. The largest absolute Gasteiger partial charge is 0.465 e. The molecule has 34 heavy (non-hydrogen) atoms. The van der Waals surface area contributed by atoms with Gasteiger partial charge in [0.25, 0.3) is 5.56 Å². The maximum absolute atomic E-state index is 13.5. The number of methoxy groups -OCH3 is 1. The lowest BCUT2D eigenvalue weighted by Gasteiger charge is -2.33. The number of carbonyl (C=O) groups excluding carboxylic acids is 1. The number of likely N-dealkylation sites (tertiary alicyclic amines) is 1. The third-order valence-corrected chi connectivity index (χ3v) is 6.16. The summed E-state index contributed by atoms with van der Waals surface area (Å²) in [6, 6.07) is 10.5. The second-order valence-electron chi connectivity index (χ2n) is 8.04. The SMILES string of the molecule is COC(=O)c1ccccc1-n1ncc(NC2CCN(Cc3ccc(F)c(F)c3)CC2)c(Cl)c1=O. The molecule has 2 heterocycles. The molecule has 7 nitrogen and oxygen atoms in total. The van der Waals surface area contributed by atoms with Gasteiger partial charge in [-0.2, -0.15) is 9.78 Å². The van der Waals surface area contributed by atoms with Crippen molar-refractivity contribution in [1.82, 2.24) is 14.7 Å². The summed E-state index contributed by atoms with van der Waals surface area (Å²) in [6.45, 7) is 2.01. The molecular formula is C24H23ClF2N4O3. The van der Waals surface area contributed by atoms with Crippen LogP contribution in [0.5, 0.6) is 0 Å². The Kier molecular flexibility index (Phi) is 7.23. The van der Waals surface area contributed by atoms with E-state index in [1.54, 1.807) is 30.3 Å². The number of hydrogen-bond acceptors (Lipinski definition) is 6. The van der Waals surface area contributed by atoms with Crippen molar-refractivity contribution >= 4 is 23.3 Å². The minimum Gasteiger partial charge on any atom is -0.465 e. The van der Waals surface area contributed by atoms with Crippen molar-refractivity contribution in [3.8, 4) is 5.69 Å². The van der Waals surface area contributed by atoms with Gasteiger partial charge in [-0.3, -0.25) is 9.69 Å². The number of hydrogen-bond donors (Lipinski definition) is 1. The molecule has 4 rings (SSSR count). The smallest absolute Gasteiger partial charge is 0.340 e. The highest BCUT2D eigenvalue weighted by Gasteiger charge is 2.22. The molecule has 2 aromatic carbocycles. The molecule has 0 spiro atoms. The molecule has 10 heteroatoms. The van der Waals surface area contributed by atoms with Gasteiger partial charge in [-0.15, -0.1) is 0 Å². The van der Waals surface area contributed by atoms with Gasteiger partial charge in [-0.25, -0.2) is 13.6 Å². The van der Waals surface area contributed by atoms with E-state index in [0.29, 0.717) is 17.8 Å². The zero-order chi connectivity index (χ0) is 24.2. The van der Waals surface area contributed by atoms with Gasteiger partial charge in [-0.1, -0.05) is 29.8 Å². The quantitative estimate of drug-likeness (QED) is 0.528. The Labute approximate surface area is 199 Å². The Hall–Kier alpha value is -3.30. The average Bonchev–Trinajstić information content (AvgIpc) is 2.85. The Bertz CT molecular complexity index is 1260. The van der Waals surface area contributed by atoms with E-state index < -0.39 is 23.2 Å². The van der Waals surface area contributed by atoms with Crippen LogP contribution in [0.15, 0.2) is 53.5 Å². The first-order valence-electron chi connectivity index (χ1n) is 10.8. The first kappa shape index (κ1) is 23.8. The van der Waals surface area contributed by atoms with Gasteiger partial charge in [-0.05, 0) is 42.7 Å². The van der Waals surface area contributed by atoms with Gasteiger partial charge in [0, 0.05) is 25.7 Å². The molecule has 0 saturated carbocycles. The number of ether oxygens (including phenoxy) is 1. The molecule has 0 amide bonds. The number of anilines is 1. The lowest BCUT2D eigenvalue weighted by Crippen LogP contribution is -2.39. The van der Waals surface area contributed by atoms with E-state index in [0.717, 1.165) is 36.7 Å². The van der Waals surface area contributed by atoms with Crippen molar-refractivity contribution in [2.75, 3.05) is 25.5 Å². The second-order valence-corrected chi connectivity index (χ2v) is 8.42. The van der Waals surface area contributed by atoms with Gasteiger partial charge in [0.1, 0.15) is 5.02 Å². The summed E-state index contributed by atoms with van der Waals surface area (Å²) in [7, 11) is 1.26. The number of aromatic nitrogens is 2. The molecular weight excluding hydrogens is 466 g/mol. The number of halogens is 3. The summed E-state index contributed by atoms with van der Waals surface area (Å²) >= 11 is 6.37. The van der Waals surface area contributed by atoms with E-state index >= 15 is 0 Å². The van der Waals surface area contributed by atoms with Crippen LogP contribution in [0.2, 0.25) is 5.02 Å². The van der Waals surface area contributed by atoms with E-state index in [-0.39, 0.29) is 22.3 Å². The third-order valence-electron chi connectivity index (χ3n) is 5.79. The lowest BCUT2D eigenvalue weighted by atomic mass is 10.0. The summed E-state index contributed by atoms with van der Waals surface area (Å²) in [5, 5.41) is 7.46. The van der Waals surface area contributed by atoms with E-state index in [1.807, 2.05) is 0 Å². The molecule has 1 aliphatic rings. The monoisotopic (exact) mass is 488 g/mol. The predicted molar refractivity (Wildman–Crippen MR) is 124 cm³/mol. The van der Waals surface area contributed by atoms with E-state index in [1.165, 1.54) is 19.4 Å². The van der Waals surface area contributed by atoms with E-state index in [4.69, 9.17) is 16.3 Å². The molecule has 3 aromatic rings. The number of piperidine rings is 1. The number of nitrogens with one attached hydrogen (secondary N) is 1. The Morgan fingerprint density at radius 3 is 2.62 bits per heavy atom. The molecule has 0 unspecified atom stereocenters. The fraction of sp³-hybridized carbons (Fsp3) is 0.292. The number of benzene rings is 2. The van der Waals surface area contributed by atoms with Crippen molar-refractivity contribution in [2.24, 2.45) is 0 Å². The number of carbonyl (C=O) groups is 1. The standard InChI is InChI=1S/C24H23ClF2N4O3/c1-34-24(33)17-4-2-3-5-21(17)31-23(32)22(25)20(13-28-31)29-16-8-10-30(11-9-16)14-15-6-7-18(26)19(27)12-15/h2-7,12-13,16,29H,8-11,14H2,1H3. The Balaban J connectivity index is 1.43. The van der Waals surface area contributed by atoms with Gasteiger partial charge >= 0.3 is 5.97 Å². The lowest BCUT2D eigenvalue weighted by molar-refractivity contribution is 0.0600. The average molecular weight is 489 g/mol. The first-order valence-corrected chi connectivity index (χ1v) is 11.1. The summed E-state index contributed by atoms with van der Waals surface area (Å²) in [4.78, 5) is 27.1. The minimum absolute atomic E-state index is 0.0288. The number of rotatable bonds is 6. The molecule has 1 fully saturated rings. The van der Waals surface area contributed by atoms with Crippen LogP contribution >= 0.6 is 11.6 Å². The van der Waals surface area contributed by atoms with Gasteiger partial charge in [0.15, 0.2) is 11.6 Å². The molecule has 1 aromatic heterocycles. The molecule has 1 aliphatic heterocycles. The third kappa shape index (κ3) is 5.10. The topological polar surface area (TPSA) is 76.5 Å². The van der Waals surface area contributed by atoms with Crippen LogP contribution in [0.4, 0.5) is 14.5 Å². The van der Waals surface area contributed by atoms with Crippen LogP contribution in [-0.2, 0) is 11.3 Å². The fourth-order valence-corrected chi connectivity index (χ4v) is 4.18. The summed E-state index contributed by atoms with van der Waals surface area (Å²) in [6.07, 6.45) is 3.01. The highest BCUT2D eigenvalue weighted by Crippen LogP contribution is 2.23. The zero-order valence-electron chi connectivity index (χ0n) is 18.4. The molecule has 0 aliphatic carbocycles. The number of nitrogens with zero attached hydrogens (tertiary/aromatic N) is 3. The van der Waals surface area contributed by atoms with Gasteiger partial charge in [0.2, 0.25) is 0 Å². The minimum atomic E-state index is -0.854. The van der Waals surface area contributed by atoms with E-state index in [9.17, 15) is 18.4 Å². The van der Waals surface area contributed by atoms with Crippen molar-refractivity contribution in [2.45, 2.75) is 25.4 Å². The van der Waals surface area contributed by atoms with Crippen LogP contribution in [0, 0.1) is 11.6 Å². The van der Waals surface area contributed by atoms with Gasteiger partial charge in [0.05, 0.1) is 30.2 Å². The van der Waals surface area contributed by atoms with E-state index in [2.05, 4.69) is 15.3 Å². The van der Waals surface area contributed by atoms with Crippen LogP contribution in [0.25, 0.3) is 5.69 Å². The fourth-order valence-electron chi connectivity index (χ4n) is 4.00. The summed E-state index contributed by atoms with van der Waals surface area (Å²) < 4.78 is 32.4. The van der Waals surface area contributed by atoms with Gasteiger partial charge < -0.3 is 10.1 Å². The van der Waals surface area contributed by atoms with Crippen molar-refractivity contribution in [3.05, 3.63) is 86.8 Å². The number of para-hydroxylation sites is 1. The summed E-state index contributed by atoms with van der Waals surface area (Å²) in [5.41, 5.74) is 1.05. The van der Waals surface area contributed by atoms with Crippen LogP contribution in [-0.4, -0.2) is 46.9 Å². The zero-order valence-corrected chi connectivity index (χ0v) is 19.2. The second kappa shape index (κ2) is 10.3. The molecule has 1 saturated heterocycles. The highest BCUT2D eigenvalue weighted by molar-refractivity contribution is 6.33. The summed E-state index contributed by atoms with van der Waals surface area (Å²) in [5.74, 6) is -2.29. The van der Waals surface area contributed by atoms with Crippen LogP contribution in [0.3, 0.4) is 0 Å². The molecule has 0 radical (unpaired) electrons. The van der Waals surface area contributed by atoms with Crippen molar-refractivity contribution in [1.29, 1.82) is 0 Å². The highest BCUT2D eigenvalue weighted by atomic mass is 35.5. The molecule has 1 N–H and O–H groups in total. The van der Waals surface area contributed by atoms with Crippen molar-refractivity contribution in [3.63, 3.8) is 0 Å². The molecule has 0 bridgehead atoms. The Morgan fingerprint density at radius 1 is 1.18 bits per heavy atom. The Morgan fingerprint density at radius 2 is 1.91 bits per heavy atom. The van der Waals surface area contributed by atoms with Crippen LogP contribution < -0.4 is 10.9 Å². The number of esters is 1. The predicted octanol–water partition coefficient (Wildman–Crippen LogP) is 4.03. The normalized spacial score (nSPS) is 14.7. The van der Waals surface area contributed by atoms with Crippen LogP contribution in [0.1, 0.15) is 28.8 Å². The van der Waals surface area contributed by atoms with Crippen molar-refractivity contribution < 1.29 is 18.3 Å². The molecule has 178 valence electrons. The first-order chi connectivity index (χ1) is 16.4.